The molecule has 0 radical (unpaired) electrons. The van der Waals surface area contributed by atoms with Crippen molar-refractivity contribution in [2.75, 3.05) is 13.2 Å². The van der Waals surface area contributed by atoms with Crippen LogP contribution in [0.25, 0.3) is 6.08 Å². The standard InChI is InChI=1S/C13H15BrN2O3/c1-2-19-12(17)9-16-13(18)15-7-6-10-4-3-5-11(14)8-10/h3-8H,2,9H2,1H3,(H2,15,16,18)/b7-6+. The van der Waals surface area contributed by atoms with Gasteiger partial charge < -0.3 is 15.4 Å². The molecule has 0 unspecified atom stereocenters. The van der Waals surface area contributed by atoms with Gasteiger partial charge in [0.1, 0.15) is 6.54 Å². The molecule has 0 heterocycles. The minimum atomic E-state index is -0.464. The third-order valence-electron chi connectivity index (χ3n) is 2.04. The molecule has 19 heavy (non-hydrogen) atoms. The molecule has 0 aliphatic carbocycles. The van der Waals surface area contributed by atoms with Crippen LogP contribution in [0.2, 0.25) is 0 Å². The summed E-state index contributed by atoms with van der Waals surface area (Å²) in [5.41, 5.74) is 0.945. The zero-order chi connectivity index (χ0) is 14.1. The van der Waals surface area contributed by atoms with Crippen molar-refractivity contribution in [2.24, 2.45) is 0 Å². The summed E-state index contributed by atoms with van der Waals surface area (Å²) in [7, 11) is 0. The molecule has 0 bridgehead atoms. The number of esters is 1. The number of nitrogens with one attached hydrogen (secondary N) is 2. The second kappa shape index (κ2) is 8.31. The predicted octanol–water partition coefficient (Wildman–Crippen LogP) is 2.28. The summed E-state index contributed by atoms with van der Waals surface area (Å²) < 4.78 is 5.63. The molecule has 5 nitrogen and oxygen atoms in total. The van der Waals surface area contributed by atoms with Gasteiger partial charge in [-0.15, -0.1) is 0 Å². The summed E-state index contributed by atoms with van der Waals surface area (Å²) in [5.74, 6) is -0.464. The molecule has 0 atom stereocenters. The Kier molecular flexibility index (Phi) is 6.67. The first-order valence-electron chi connectivity index (χ1n) is 5.74. The molecule has 0 spiro atoms. The molecule has 2 N–H and O–H groups in total. The van der Waals surface area contributed by atoms with Crippen molar-refractivity contribution in [3.05, 3.63) is 40.5 Å². The Hall–Kier alpha value is -1.82. The summed E-state index contributed by atoms with van der Waals surface area (Å²) in [5, 5.41) is 4.87. The Balaban J connectivity index is 2.32. The Bertz CT molecular complexity index is 475. The van der Waals surface area contributed by atoms with E-state index in [1.165, 1.54) is 6.20 Å². The lowest BCUT2D eigenvalue weighted by molar-refractivity contribution is -0.141. The molecule has 1 rings (SSSR count). The van der Waals surface area contributed by atoms with E-state index in [4.69, 9.17) is 0 Å². The van der Waals surface area contributed by atoms with Crippen LogP contribution in [0.15, 0.2) is 34.9 Å². The number of carbonyl (C=O) groups excluding carboxylic acids is 2. The molecule has 0 aliphatic heterocycles. The predicted molar refractivity (Wildman–Crippen MR) is 76.3 cm³/mol. The normalized spacial score (nSPS) is 10.2. The maximum absolute atomic E-state index is 11.3. The van der Waals surface area contributed by atoms with E-state index in [0.717, 1.165) is 10.0 Å². The van der Waals surface area contributed by atoms with Crippen LogP contribution in [0.4, 0.5) is 4.79 Å². The number of rotatable bonds is 5. The van der Waals surface area contributed by atoms with E-state index in [0.29, 0.717) is 6.61 Å². The van der Waals surface area contributed by atoms with Crippen molar-refractivity contribution in [1.29, 1.82) is 0 Å². The molecule has 6 heteroatoms. The van der Waals surface area contributed by atoms with Crippen LogP contribution in [-0.2, 0) is 9.53 Å². The quantitative estimate of drug-likeness (QED) is 0.816. The number of hydrogen-bond acceptors (Lipinski definition) is 3. The Morgan fingerprint density at radius 1 is 1.42 bits per heavy atom. The van der Waals surface area contributed by atoms with Crippen molar-refractivity contribution in [1.82, 2.24) is 10.6 Å². The second-order valence-corrected chi connectivity index (χ2v) is 4.44. The van der Waals surface area contributed by atoms with Gasteiger partial charge in [0.05, 0.1) is 6.61 Å². The molecule has 0 saturated carbocycles. The van der Waals surface area contributed by atoms with E-state index >= 15 is 0 Å². The SMILES string of the molecule is CCOC(=O)CNC(=O)N/C=C/c1cccc(Br)c1. The van der Waals surface area contributed by atoms with Crippen molar-refractivity contribution in [2.45, 2.75) is 6.92 Å². The van der Waals surface area contributed by atoms with Crippen LogP contribution in [0, 0.1) is 0 Å². The van der Waals surface area contributed by atoms with Crippen LogP contribution < -0.4 is 10.6 Å². The number of ether oxygens (including phenoxy) is 1. The molecule has 102 valence electrons. The van der Waals surface area contributed by atoms with Gasteiger partial charge in [0.15, 0.2) is 0 Å². The van der Waals surface area contributed by atoms with Crippen LogP contribution in [0.3, 0.4) is 0 Å². The monoisotopic (exact) mass is 326 g/mol. The topological polar surface area (TPSA) is 67.4 Å². The summed E-state index contributed by atoms with van der Waals surface area (Å²) in [6.07, 6.45) is 3.25. The minimum Gasteiger partial charge on any atom is -0.465 e. The summed E-state index contributed by atoms with van der Waals surface area (Å²) in [4.78, 5) is 22.3. The van der Waals surface area contributed by atoms with Gasteiger partial charge in [-0.25, -0.2) is 4.79 Å². The van der Waals surface area contributed by atoms with Crippen LogP contribution in [-0.4, -0.2) is 25.2 Å². The highest BCUT2D eigenvalue weighted by Crippen LogP contribution is 2.12. The highest BCUT2D eigenvalue weighted by Gasteiger charge is 2.03. The third-order valence-corrected chi connectivity index (χ3v) is 2.53. The average Bonchev–Trinajstić information content (AvgIpc) is 2.37. The van der Waals surface area contributed by atoms with Gasteiger partial charge >= 0.3 is 12.0 Å². The average molecular weight is 327 g/mol. The van der Waals surface area contributed by atoms with Crippen molar-refractivity contribution < 1.29 is 14.3 Å². The lowest BCUT2D eigenvalue weighted by Gasteiger charge is -2.04. The molecule has 0 fully saturated rings. The highest BCUT2D eigenvalue weighted by atomic mass is 79.9. The lowest BCUT2D eigenvalue weighted by Crippen LogP contribution is -2.36. The van der Waals surface area contributed by atoms with Crippen LogP contribution >= 0.6 is 15.9 Å². The van der Waals surface area contributed by atoms with E-state index in [9.17, 15) is 9.59 Å². The zero-order valence-electron chi connectivity index (χ0n) is 10.5. The number of urea groups is 1. The van der Waals surface area contributed by atoms with E-state index < -0.39 is 12.0 Å². The molecule has 0 aromatic heterocycles. The molecular weight excluding hydrogens is 312 g/mol. The fourth-order valence-corrected chi connectivity index (χ4v) is 1.66. The maximum atomic E-state index is 11.3. The first kappa shape index (κ1) is 15.2. The third kappa shape index (κ3) is 6.61. The summed E-state index contributed by atoms with van der Waals surface area (Å²) in [6, 6.07) is 7.16. The fourth-order valence-electron chi connectivity index (χ4n) is 1.24. The molecule has 0 saturated heterocycles. The molecular formula is C13H15BrN2O3. The molecule has 1 aromatic carbocycles. The smallest absolute Gasteiger partial charge is 0.325 e. The van der Waals surface area contributed by atoms with Gasteiger partial charge in [0.2, 0.25) is 0 Å². The van der Waals surface area contributed by atoms with Gasteiger partial charge in [0, 0.05) is 10.7 Å². The second-order valence-electron chi connectivity index (χ2n) is 3.52. The van der Waals surface area contributed by atoms with E-state index in [-0.39, 0.29) is 6.54 Å². The van der Waals surface area contributed by atoms with Gasteiger partial charge in [-0.2, -0.15) is 0 Å². The largest absolute Gasteiger partial charge is 0.465 e. The fraction of sp³-hybridized carbons (Fsp3) is 0.231. The van der Waals surface area contributed by atoms with Crippen molar-refractivity contribution in [3.8, 4) is 0 Å². The van der Waals surface area contributed by atoms with Crippen LogP contribution in [0.5, 0.6) is 0 Å². The number of benzene rings is 1. The number of carbonyl (C=O) groups is 2. The first-order chi connectivity index (χ1) is 9.11. The molecule has 2 amide bonds. The van der Waals surface area contributed by atoms with Crippen molar-refractivity contribution >= 4 is 34.0 Å². The molecule has 1 aromatic rings. The van der Waals surface area contributed by atoms with Gasteiger partial charge in [-0.1, -0.05) is 28.1 Å². The Labute approximate surface area is 120 Å². The van der Waals surface area contributed by atoms with Gasteiger partial charge in [0.25, 0.3) is 0 Å². The maximum Gasteiger partial charge on any atom is 0.325 e. The summed E-state index contributed by atoms with van der Waals surface area (Å²) in [6.45, 7) is 1.86. The molecule has 0 aliphatic rings. The summed E-state index contributed by atoms with van der Waals surface area (Å²) >= 11 is 3.35. The number of amides is 2. The minimum absolute atomic E-state index is 0.148. The zero-order valence-corrected chi connectivity index (χ0v) is 12.1. The van der Waals surface area contributed by atoms with Crippen molar-refractivity contribution in [3.63, 3.8) is 0 Å². The Morgan fingerprint density at radius 2 is 2.21 bits per heavy atom. The van der Waals surface area contributed by atoms with Gasteiger partial charge in [-0.3, -0.25) is 4.79 Å². The Morgan fingerprint density at radius 3 is 2.89 bits per heavy atom. The highest BCUT2D eigenvalue weighted by molar-refractivity contribution is 9.10. The first-order valence-corrected chi connectivity index (χ1v) is 6.53. The number of halogens is 1. The van der Waals surface area contributed by atoms with Gasteiger partial charge in [-0.05, 0) is 30.7 Å². The van der Waals surface area contributed by atoms with E-state index in [2.05, 4.69) is 31.3 Å². The van der Waals surface area contributed by atoms with Crippen LogP contribution in [0.1, 0.15) is 12.5 Å². The number of hydrogen-bond donors (Lipinski definition) is 2. The van der Waals surface area contributed by atoms with E-state index in [1.54, 1.807) is 13.0 Å². The lowest BCUT2D eigenvalue weighted by atomic mass is 10.2. The van der Waals surface area contributed by atoms with E-state index in [1.807, 2.05) is 24.3 Å².